The smallest absolute Gasteiger partial charge is 0.470 e. The van der Waals surface area contributed by atoms with Gasteiger partial charge in [0.05, 0.1) is 25.7 Å². The zero-order valence-corrected chi connectivity index (χ0v) is 32.3. The number of amides is 1. The molecule has 4 aromatic rings. The molecule has 0 aliphatic carbocycles. The van der Waals surface area contributed by atoms with Crippen LogP contribution in [0.4, 0.5) is 21.0 Å². The predicted octanol–water partition coefficient (Wildman–Crippen LogP) is 7.33. The van der Waals surface area contributed by atoms with Gasteiger partial charge in [0.25, 0.3) is 0 Å². The largest absolute Gasteiger partial charge is 0.493 e. The van der Waals surface area contributed by atoms with Crippen LogP contribution in [0.2, 0.25) is 0 Å². The third-order valence-corrected chi connectivity index (χ3v) is 10.8. The van der Waals surface area contributed by atoms with Gasteiger partial charge in [-0.15, -0.1) is 11.3 Å². The summed E-state index contributed by atoms with van der Waals surface area (Å²) in [6, 6.07) is 9.10. The van der Waals surface area contributed by atoms with E-state index in [1.807, 2.05) is 41.5 Å². The number of phosphoric ester groups is 1. The minimum Gasteiger partial charge on any atom is -0.493 e. The van der Waals surface area contributed by atoms with Crippen molar-refractivity contribution in [1.82, 2.24) is 19.9 Å². The van der Waals surface area contributed by atoms with Gasteiger partial charge in [-0.25, -0.2) is 23.9 Å². The van der Waals surface area contributed by atoms with Crippen molar-refractivity contribution in [2.75, 3.05) is 37.4 Å². The summed E-state index contributed by atoms with van der Waals surface area (Å²) < 4.78 is 43.6. The fraction of sp³-hybridized carbons (Fsp3) is 0.500. The lowest BCUT2D eigenvalue weighted by atomic mass is 9.58. The van der Waals surface area contributed by atoms with E-state index in [1.165, 1.54) is 35.9 Å². The molecule has 282 valence electrons. The normalized spacial score (nSPS) is 15.9. The first-order chi connectivity index (χ1) is 24.4. The van der Waals surface area contributed by atoms with E-state index >= 15 is 0 Å². The summed E-state index contributed by atoms with van der Waals surface area (Å²) in [5, 5.41) is 7.11. The summed E-state index contributed by atoms with van der Waals surface area (Å²) >= 11 is 1.30. The molecule has 4 N–H and O–H groups in total. The van der Waals surface area contributed by atoms with Gasteiger partial charge in [-0.2, -0.15) is 0 Å². The van der Waals surface area contributed by atoms with E-state index in [-0.39, 0.29) is 18.4 Å². The van der Waals surface area contributed by atoms with Crippen molar-refractivity contribution < 1.29 is 37.5 Å². The highest BCUT2D eigenvalue weighted by Crippen LogP contribution is 2.59. The lowest BCUT2D eigenvalue weighted by Crippen LogP contribution is -2.65. The molecule has 0 unspecified atom stereocenters. The number of carbonyl (C=O) groups excluding carboxylic acids is 1. The number of halogens is 1. The summed E-state index contributed by atoms with van der Waals surface area (Å²) in [6.07, 6.45) is 5.43. The molecule has 0 saturated carbocycles. The van der Waals surface area contributed by atoms with Gasteiger partial charge >= 0.3 is 7.82 Å². The third-order valence-electron chi connectivity index (χ3n) is 9.31. The molecule has 2 aromatic carbocycles. The first-order valence-electron chi connectivity index (χ1n) is 17.1. The molecule has 13 nitrogen and oxygen atoms in total. The number of aromatic nitrogens is 3. The molecular formula is C36H48FN6O7PS. The van der Waals surface area contributed by atoms with E-state index in [9.17, 15) is 23.5 Å². The maximum Gasteiger partial charge on any atom is 0.470 e. The quantitative estimate of drug-likeness (QED) is 0.0748. The molecule has 1 aliphatic heterocycles. The number of phosphoric acid groups is 1. The van der Waals surface area contributed by atoms with Crippen molar-refractivity contribution in [2.45, 2.75) is 78.9 Å². The second kappa shape index (κ2) is 15.7. The number of carbonyl (C=O) groups is 1. The Bertz CT molecular complexity index is 1910. The van der Waals surface area contributed by atoms with Gasteiger partial charge in [0, 0.05) is 40.8 Å². The van der Waals surface area contributed by atoms with Crippen LogP contribution in [0.3, 0.4) is 0 Å². The zero-order chi connectivity index (χ0) is 37.9. The molecular weight excluding hydrogens is 710 g/mol. The summed E-state index contributed by atoms with van der Waals surface area (Å²) in [4.78, 5) is 48.9. The SMILES string of the molecule is COc1cc2c(Nc3ncc(CC(=O)Nc4cccc(F)c4)s3)ncnc2cc1OCCCN1CCC[C@H]1C(OP(=O)(O)O)(C(C)(C)C)C(C)(C)C. The molecule has 1 amide bonds. The van der Waals surface area contributed by atoms with Crippen LogP contribution in [0, 0.1) is 16.6 Å². The van der Waals surface area contributed by atoms with Crippen LogP contribution in [0.25, 0.3) is 10.9 Å². The van der Waals surface area contributed by atoms with E-state index in [0.29, 0.717) is 63.5 Å². The van der Waals surface area contributed by atoms with Crippen LogP contribution in [-0.2, 0) is 20.3 Å². The fourth-order valence-corrected chi connectivity index (χ4v) is 9.42. The lowest BCUT2D eigenvalue weighted by Gasteiger charge is -2.57. The standard InChI is InChI=1S/C36H48FN6O7PS/c1-34(2,3)36(35(4,5)6,50-51(45,46)47)30-13-9-14-43(30)15-10-16-49-29-20-27-26(19-28(29)48-7)32(40-22-39-27)42-33-38-21-25(52-33)18-31(44)41-24-12-8-11-23(37)17-24/h8,11-12,17,19-22,30H,9-10,13-16,18H2,1-7H3,(H,41,44)(H2,45,46,47)(H,38,39,40,42)/t30-/m0/s1. The van der Waals surface area contributed by atoms with Gasteiger partial charge in [-0.3, -0.25) is 14.2 Å². The predicted molar refractivity (Wildman–Crippen MR) is 200 cm³/mol. The van der Waals surface area contributed by atoms with E-state index in [0.717, 1.165) is 19.4 Å². The number of hydrogen-bond acceptors (Lipinski definition) is 11. The Labute approximate surface area is 307 Å². The maximum absolute atomic E-state index is 13.5. The van der Waals surface area contributed by atoms with Crippen LogP contribution in [0.1, 0.15) is 65.7 Å². The highest BCUT2D eigenvalue weighted by Gasteiger charge is 2.61. The summed E-state index contributed by atoms with van der Waals surface area (Å²) in [7, 11) is -3.25. The van der Waals surface area contributed by atoms with Crippen molar-refractivity contribution in [1.29, 1.82) is 0 Å². The summed E-state index contributed by atoms with van der Waals surface area (Å²) in [5.41, 5.74) is -1.27. The average Bonchev–Trinajstić information content (AvgIpc) is 3.69. The van der Waals surface area contributed by atoms with E-state index in [4.69, 9.17) is 14.0 Å². The van der Waals surface area contributed by atoms with Crippen LogP contribution in [0.5, 0.6) is 11.5 Å². The molecule has 1 aliphatic rings. The molecule has 1 atom stereocenters. The van der Waals surface area contributed by atoms with Crippen molar-refractivity contribution in [3.05, 3.63) is 59.6 Å². The van der Waals surface area contributed by atoms with Crippen molar-refractivity contribution in [2.24, 2.45) is 10.8 Å². The molecule has 1 fully saturated rings. The molecule has 0 spiro atoms. The Hall–Kier alpha value is -3.72. The Kier molecular flexibility index (Phi) is 11.9. The number of anilines is 3. The first kappa shape index (κ1) is 39.5. The Balaban J connectivity index is 1.24. The topological polar surface area (TPSA) is 168 Å². The molecule has 0 radical (unpaired) electrons. The number of rotatable bonds is 14. The second-order valence-electron chi connectivity index (χ2n) is 14.9. The molecule has 5 rings (SSSR count). The van der Waals surface area contributed by atoms with E-state index in [1.54, 1.807) is 31.5 Å². The van der Waals surface area contributed by atoms with Gasteiger partial charge in [0.15, 0.2) is 16.6 Å². The Morgan fingerprint density at radius 2 is 1.83 bits per heavy atom. The molecule has 2 aromatic heterocycles. The number of likely N-dealkylation sites (tertiary alicyclic amines) is 1. The van der Waals surface area contributed by atoms with Gasteiger partial charge in [-0.05, 0) is 60.9 Å². The molecule has 3 heterocycles. The molecule has 0 bridgehead atoms. The third kappa shape index (κ3) is 9.07. The minimum absolute atomic E-state index is 0.0720. The average molecular weight is 759 g/mol. The Morgan fingerprint density at radius 3 is 2.50 bits per heavy atom. The number of nitrogens with zero attached hydrogens (tertiary/aromatic N) is 4. The highest BCUT2D eigenvalue weighted by atomic mass is 32.1. The van der Waals surface area contributed by atoms with Crippen LogP contribution >= 0.6 is 19.2 Å². The number of fused-ring (bicyclic) bond motifs is 1. The zero-order valence-electron chi connectivity index (χ0n) is 30.6. The monoisotopic (exact) mass is 758 g/mol. The first-order valence-corrected chi connectivity index (χ1v) is 19.5. The van der Waals surface area contributed by atoms with Crippen molar-refractivity contribution in [3.8, 4) is 11.5 Å². The summed E-state index contributed by atoms with van der Waals surface area (Å²) in [5.74, 6) is 0.788. The van der Waals surface area contributed by atoms with Crippen LogP contribution in [0.15, 0.2) is 48.9 Å². The number of ether oxygens (including phenoxy) is 2. The van der Waals surface area contributed by atoms with Crippen LogP contribution < -0.4 is 20.1 Å². The highest BCUT2D eigenvalue weighted by molar-refractivity contribution is 7.46. The number of nitrogens with one attached hydrogen (secondary N) is 2. The lowest BCUT2D eigenvalue weighted by molar-refractivity contribution is -0.168. The number of methoxy groups -OCH3 is 1. The summed E-state index contributed by atoms with van der Waals surface area (Å²) in [6.45, 7) is 13.7. The van der Waals surface area contributed by atoms with Gasteiger partial charge in [0.2, 0.25) is 5.91 Å². The van der Waals surface area contributed by atoms with Crippen molar-refractivity contribution >= 4 is 52.6 Å². The molecule has 16 heteroatoms. The number of hydrogen-bond donors (Lipinski definition) is 4. The van der Waals surface area contributed by atoms with Crippen LogP contribution in [-0.4, -0.2) is 74.0 Å². The maximum atomic E-state index is 13.5. The van der Waals surface area contributed by atoms with Gasteiger partial charge in [0.1, 0.15) is 23.6 Å². The number of benzene rings is 2. The van der Waals surface area contributed by atoms with E-state index in [2.05, 4.69) is 30.5 Å². The Morgan fingerprint density at radius 1 is 1.08 bits per heavy atom. The van der Waals surface area contributed by atoms with Crippen molar-refractivity contribution in [3.63, 3.8) is 0 Å². The molecule has 52 heavy (non-hydrogen) atoms. The fourth-order valence-electron chi connectivity index (χ4n) is 7.56. The van der Waals surface area contributed by atoms with Gasteiger partial charge < -0.3 is 29.9 Å². The van der Waals surface area contributed by atoms with Gasteiger partial charge in [-0.1, -0.05) is 47.6 Å². The minimum atomic E-state index is -4.81. The second-order valence-corrected chi connectivity index (χ2v) is 17.2. The number of thiazole rings is 1. The molecule has 1 saturated heterocycles. The van der Waals surface area contributed by atoms with E-state index < -0.39 is 30.1 Å².